The number of nitrogens with zero attached hydrogens (tertiary/aromatic N) is 1. The first kappa shape index (κ1) is 13.1. The summed E-state index contributed by atoms with van der Waals surface area (Å²) >= 11 is 0. The number of anilines is 1. The Labute approximate surface area is 119 Å². The number of hydrogen-bond donors (Lipinski definition) is 2. The summed E-state index contributed by atoms with van der Waals surface area (Å²) in [6.45, 7) is 0. The van der Waals surface area contributed by atoms with Crippen LogP contribution in [-0.4, -0.2) is 16.1 Å². The van der Waals surface area contributed by atoms with Gasteiger partial charge in [-0.2, -0.15) is 0 Å². The number of benzene rings is 2. The Hall–Kier alpha value is -2.95. The van der Waals surface area contributed by atoms with Crippen LogP contribution in [0.2, 0.25) is 0 Å². The molecular weight excluding hydrogens is 271 g/mol. The van der Waals surface area contributed by atoms with Crippen LogP contribution >= 0.6 is 0 Å². The molecule has 0 saturated carbocycles. The number of halogens is 1. The lowest BCUT2D eigenvalue weighted by molar-refractivity contribution is 0.0700. The number of carboxylic acid groups (broad SMARTS) is 1. The van der Waals surface area contributed by atoms with Crippen molar-refractivity contribution in [3.8, 4) is 11.3 Å². The highest BCUT2D eigenvalue weighted by molar-refractivity contribution is 6.09. The third-order valence-corrected chi connectivity index (χ3v) is 3.26. The van der Waals surface area contributed by atoms with Gasteiger partial charge in [-0.05, 0) is 30.3 Å². The number of hydrogen-bond acceptors (Lipinski definition) is 3. The van der Waals surface area contributed by atoms with Crippen molar-refractivity contribution >= 4 is 22.6 Å². The molecule has 0 aliphatic heterocycles. The molecule has 0 unspecified atom stereocenters. The van der Waals surface area contributed by atoms with E-state index in [1.54, 1.807) is 24.3 Å². The number of carbonyl (C=O) groups is 1. The van der Waals surface area contributed by atoms with Gasteiger partial charge in [-0.3, -0.25) is 0 Å². The zero-order chi connectivity index (χ0) is 15.0. The van der Waals surface area contributed by atoms with E-state index in [4.69, 9.17) is 5.73 Å². The molecule has 0 aliphatic carbocycles. The zero-order valence-electron chi connectivity index (χ0n) is 10.9. The Kier molecular flexibility index (Phi) is 3.02. The smallest absolute Gasteiger partial charge is 0.338 e. The van der Waals surface area contributed by atoms with E-state index in [9.17, 15) is 14.3 Å². The maximum atomic E-state index is 13.0. The first-order chi connectivity index (χ1) is 10.1. The Bertz CT molecular complexity index is 845. The summed E-state index contributed by atoms with van der Waals surface area (Å²) in [5.41, 5.74) is 7.52. The minimum atomic E-state index is -1.12. The van der Waals surface area contributed by atoms with Crippen LogP contribution in [0.1, 0.15) is 10.4 Å². The first-order valence-corrected chi connectivity index (χ1v) is 6.25. The molecule has 104 valence electrons. The summed E-state index contributed by atoms with van der Waals surface area (Å²) in [6.07, 6.45) is 0. The molecule has 3 aromatic rings. The van der Waals surface area contributed by atoms with Crippen LogP contribution in [0.25, 0.3) is 22.2 Å². The summed E-state index contributed by atoms with van der Waals surface area (Å²) in [5.74, 6) is -1.49. The molecule has 1 heterocycles. The summed E-state index contributed by atoms with van der Waals surface area (Å²) < 4.78 is 13.0. The number of aromatic carboxylic acids is 1. The molecule has 0 saturated heterocycles. The number of nitrogens with two attached hydrogens (primary N) is 1. The van der Waals surface area contributed by atoms with Crippen LogP contribution < -0.4 is 5.73 Å². The van der Waals surface area contributed by atoms with E-state index >= 15 is 0 Å². The topological polar surface area (TPSA) is 76.2 Å². The number of carboxylic acids is 1. The average molecular weight is 282 g/mol. The first-order valence-electron chi connectivity index (χ1n) is 6.25. The fourth-order valence-corrected chi connectivity index (χ4v) is 2.28. The Morgan fingerprint density at radius 3 is 2.43 bits per heavy atom. The highest BCUT2D eigenvalue weighted by Crippen LogP contribution is 2.32. The van der Waals surface area contributed by atoms with E-state index in [-0.39, 0.29) is 17.1 Å². The van der Waals surface area contributed by atoms with Gasteiger partial charge in [-0.25, -0.2) is 14.2 Å². The van der Waals surface area contributed by atoms with E-state index in [2.05, 4.69) is 4.98 Å². The van der Waals surface area contributed by atoms with E-state index in [0.717, 1.165) is 0 Å². The van der Waals surface area contributed by atoms with Crippen LogP contribution in [-0.2, 0) is 0 Å². The normalized spacial score (nSPS) is 10.7. The van der Waals surface area contributed by atoms with Gasteiger partial charge in [0.15, 0.2) is 0 Å². The van der Waals surface area contributed by atoms with Gasteiger partial charge in [-0.15, -0.1) is 0 Å². The van der Waals surface area contributed by atoms with Crippen molar-refractivity contribution in [1.29, 1.82) is 0 Å². The van der Waals surface area contributed by atoms with Gasteiger partial charge in [0.05, 0.1) is 22.5 Å². The van der Waals surface area contributed by atoms with Crippen LogP contribution in [0.3, 0.4) is 0 Å². The van der Waals surface area contributed by atoms with Crippen LogP contribution in [0.4, 0.5) is 10.1 Å². The number of rotatable bonds is 2. The van der Waals surface area contributed by atoms with Crippen molar-refractivity contribution in [2.24, 2.45) is 0 Å². The standard InChI is InChI=1S/C16H11FN2O2/c17-10-7-5-9(6-8-10)15-14(18)13(16(20)21)11-3-1-2-4-12(11)19-15/h1-8H,18H2,(H,20,21). The fourth-order valence-electron chi connectivity index (χ4n) is 2.28. The second-order valence-electron chi connectivity index (χ2n) is 4.58. The molecule has 5 heteroatoms. The second-order valence-corrected chi connectivity index (χ2v) is 4.58. The average Bonchev–Trinajstić information content (AvgIpc) is 2.47. The molecule has 4 nitrogen and oxygen atoms in total. The van der Waals surface area contributed by atoms with Gasteiger partial charge in [-0.1, -0.05) is 18.2 Å². The fraction of sp³-hybridized carbons (Fsp3) is 0. The lowest BCUT2D eigenvalue weighted by Gasteiger charge is -2.11. The summed E-state index contributed by atoms with van der Waals surface area (Å²) in [4.78, 5) is 15.9. The van der Waals surface area contributed by atoms with Gasteiger partial charge in [0.1, 0.15) is 5.82 Å². The number of fused-ring (bicyclic) bond motifs is 1. The van der Waals surface area contributed by atoms with Crippen LogP contribution in [0.15, 0.2) is 48.5 Å². The lowest BCUT2D eigenvalue weighted by atomic mass is 10.0. The predicted octanol–water partition coefficient (Wildman–Crippen LogP) is 3.32. The third-order valence-electron chi connectivity index (χ3n) is 3.26. The Morgan fingerprint density at radius 2 is 1.76 bits per heavy atom. The molecule has 21 heavy (non-hydrogen) atoms. The SMILES string of the molecule is Nc1c(-c2ccc(F)cc2)nc2ccccc2c1C(=O)O. The van der Waals surface area contributed by atoms with Gasteiger partial charge in [0, 0.05) is 10.9 Å². The maximum Gasteiger partial charge on any atom is 0.338 e. The minimum Gasteiger partial charge on any atom is -0.478 e. The van der Waals surface area contributed by atoms with Gasteiger partial charge >= 0.3 is 5.97 Å². The Balaban J connectivity index is 2.36. The number of nitrogen functional groups attached to an aromatic ring is 1. The Morgan fingerprint density at radius 1 is 1.10 bits per heavy atom. The second kappa shape index (κ2) is 4.86. The van der Waals surface area contributed by atoms with Gasteiger partial charge < -0.3 is 10.8 Å². The quantitative estimate of drug-likeness (QED) is 0.756. The molecule has 2 aromatic carbocycles. The highest BCUT2D eigenvalue weighted by Gasteiger charge is 2.18. The van der Waals surface area contributed by atoms with Crippen LogP contribution in [0, 0.1) is 5.82 Å². The summed E-state index contributed by atoms with van der Waals surface area (Å²) in [6, 6.07) is 12.5. The molecule has 0 aliphatic rings. The van der Waals surface area contributed by atoms with Crippen molar-refractivity contribution in [3.63, 3.8) is 0 Å². The van der Waals surface area contributed by atoms with Crippen molar-refractivity contribution < 1.29 is 14.3 Å². The summed E-state index contributed by atoms with van der Waals surface area (Å²) in [7, 11) is 0. The summed E-state index contributed by atoms with van der Waals surface area (Å²) in [5, 5.41) is 9.89. The number of aromatic nitrogens is 1. The van der Waals surface area contributed by atoms with Crippen LogP contribution in [0.5, 0.6) is 0 Å². The molecule has 1 aromatic heterocycles. The molecular formula is C16H11FN2O2. The third kappa shape index (κ3) is 2.18. The monoisotopic (exact) mass is 282 g/mol. The van der Waals surface area contributed by atoms with Crippen molar-refractivity contribution in [3.05, 3.63) is 59.9 Å². The van der Waals surface area contributed by atoms with E-state index in [0.29, 0.717) is 22.2 Å². The largest absolute Gasteiger partial charge is 0.478 e. The van der Waals surface area contributed by atoms with E-state index in [1.165, 1.54) is 24.3 Å². The molecule has 3 rings (SSSR count). The minimum absolute atomic E-state index is 0.0138. The molecule has 0 spiro atoms. The van der Waals surface area contributed by atoms with E-state index < -0.39 is 5.97 Å². The van der Waals surface area contributed by atoms with E-state index in [1.807, 2.05) is 0 Å². The molecule has 0 radical (unpaired) electrons. The zero-order valence-corrected chi connectivity index (χ0v) is 10.9. The van der Waals surface area contributed by atoms with Gasteiger partial charge in [0.2, 0.25) is 0 Å². The van der Waals surface area contributed by atoms with Gasteiger partial charge in [0.25, 0.3) is 0 Å². The molecule has 0 atom stereocenters. The number of pyridine rings is 1. The highest BCUT2D eigenvalue weighted by atomic mass is 19.1. The maximum absolute atomic E-state index is 13.0. The van der Waals surface area contributed by atoms with Crippen molar-refractivity contribution in [1.82, 2.24) is 4.98 Å². The molecule has 3 N–H and O–H groups in total. The molecule has 0 amide bonds. The predicted molar refractivity (Wildman–Crippen MR) is 78.5 cm³/mol. The van der Waals surface area contributed by atoms with Crippen molar-refractivity contribution in [2.75, 3.05) is 5.73 Å². The van der Waals surface area contributed by atoms with Crippen molar-refractivity contribution in [2.45, 2.75) is 0 Å². The molecule has 0 fully saturated rings. The molecule has 0 bridgehead atoms. The number of para-hydroxylation sites is 1. The lowest BCUT2D eigenvalue weighted by Crippen LogP contribution is -2.07.